The topological polar surface area (TPSA) is 65.0 Å². The molecule has 1 aliphatic rings. The van der Waals surface area contributed by atoms with Crippen LogP contribution in [0.5, 0.6) is 11.5 Å². The first kappa shape index (κ1) is 11.7. The maximum atomic E-state index is 11.4. The highest BCUT2D eigenvalue weighted by molar-refractivity contribution is 5.79. The lowest BCUT2D eigenvalue weighted by Crippen LogP contribution is -2.15. The number of fused-ring (bicyclic) bond motifs is 1. The number of carbonyl (C=O) groups is 1. The van der Waals surface area contributed by atoms with Crippen LogP contribution in [0.3, 0.4) is 0 Å². The Kier molecular flexibility index (Phi) is 2.93. The van der Waals surface area contributed by atoms with Gasteiger partial charge in [0.15, 0.2) is 17.6 Å². The van der Waals surface area contributed by atoms with Crippen LogP contribution in [0.25, 0.3) is 0 Å². The number of benzene rings is 1. The first-order chi connectivity index (χ1) is 8.06. The van der Waals surface area contributed by atoms with Crippen molar-refractivity contribution in [2.75, 3.05) is 13.9 Å². The van der Waals surface area contributed by atoms with Gasteiger partial charge in [-0.3, -0.25) is 0 Å². The van der Waals surface area contributed by atoms with Crippen LogP contribution >= 0.6 is 0 Å². The molecule has 0 bridgehead atoms. The number of aliphatic hydroxyl groups excluding tert-OH is 1. The number of carbonyl (C=O) groups excluding carboxylic acids is 1. The van der Waals surface area contributed by atoms with Gasteiger partial charge in [0.25, 0.3) is 0 Å². The van der Waals surface area contributed by atoms with Gasteiger partial charge in [0, 0.05) is 5.56 Å². The molecule has 1 heterocycles. The molecule has 17 heavy (non-hydrogen) atoms. The summed E-state index contributed by atoms with van der Waals surface area (Å²) < 4.78 is 15.1. The Balaban J connectivity index is 2.56. The molecule has 0 aromatic heterocycles. The summed E-state index contributed by atoms with van der Waals surface area (Å²) in [7, 11) is 1.23. The summed E-state index contributed by atoms with van der Waals surface area (Å²) in [5.74, 6) is 0.258. The summed E-state index contributed by atoms with van der Waals surface area (Å²) in [6.45, 7) is 3.79. The number of aliphatic hydroxyl groups is 1. The monoisotopic (exact) mass is 238 g/mol. The van der Waals surface area contributed by atoms with Gasteiger partial charge in [0.1, 0.15) is 0 Å². The SMILES string of the molecule is COC(=O)C(O)c1c(C)c(C)cc2c1OCO2. The van der Waals surface area contributed by atoms with E-state index in [1.165, 1.54) is 7.11 Å². The van der Waals surface area contributed by atoms with Gasteiger partial charge in [-0.2, -0.15) is 0 Å². The third-order valence-electron chi connectivity index (χ3n) is 2.93. The number of esters is 1. The smallest absolute Gasteiger partial charge is 0.339 e. The van der Waals surface area contributed by atoms with Crippen molar-refractivity contribution in [1.29, 1.82) is 0 Å². The lowest BCUT2D eigenvalue weighted by atomic mass is 9.97. The molecule has 1 atom stereocenters. The van der Waals surface area contributed by atoms with Gasteiger partial charge in [0.05, 0.1) is 7.11 Å². The molecule has 0 radical (unpaired) electrons. The van der Waals surface area contributed by atoms with E-state index in [0.717, 1.165) is 11.1 Å². The third kappa shape index (κ3) is 1.82. The average Bonchev–Trinajstić information content (AvgIpc) is 2.76. The Bertz CT molecular complexity index is 466. The van der Waals surface area contributed by atoms with Crippen LogP contribution < -0.4 is 9.47 Å². The van der Waals surface area contributed by atoms with Gasteiger partial charge in [-0.25, -0.2) is 4.79 Å². The summed E-state index contributed by atoms with van der Waals surface area (Å²) in [4.78, 5) is 11.4. The molecule has 5 nitrogen and oxygen atoms in total. The number of ether oxygens (including phenoxy) is 3. The summed E-state index contributed by atoms with van der Waals surface area (Å²) in [6.07, 6.45) is -1.35. The fraction of sp³-hybridized carbons (Fsp3) is 0.417. The van der Waals surface area contributed by atoms with E-state index in [0.29, 0.717) is 17.1 Å². The minimum absolute atomic E-state index is 0.0963. The summed E-state index contributed by atoms with van der Waals surface area (Å²) in [5.41, 5.74) is 2.14. The third-order valence-corrected chi connectivity index (χ3v) is 2.93. The first-order valence-electron chi connectivity index (χ1n) is 5.21. The molecular formula is C12H14O5. The number of hydrogen-bond acceptors (Lipinski definition) is 5. The van der Waals surface area contributed by atoms with Crippen LogP contribution in [0.2, 0.25) is 0 Å². The summed E-state index contributed by atoms with van der Waals surface area (Å²) in [6, 6.07) is 1.82. The zero-order valence-corrected chi connectivity index (χ0v) is 9.94. The molecule has 0 amide bonds. The van der Waals surface area contributed by atoms with E-state index in [9.17, 15) is 9.90 Å². The van der Waals surface area contributed by atoms with Crippen molar-refractivity contribution in [2.24, 2.45) is 0 Å². The normalized spacial score (nSPS) is 14.6. The minimum Gasteiger partial charge on any atom is -0.467 e. The lowest BCUT2D eigenvalue weighted by Gasteiger charge is -2.15. The maximum absolute atomic E-state index is 11.4. The van der Waals surface area contributed by atoms with Gasteiger partial charge in [-0.15, -0.1) is 0 Å². The second-order valence-electron chi connectivity index (χ2n) is 3.89. The standard InChI is InChI=1S/C12H14O5/c1-6-4-8-11(17-5-16-8)9(7(6)2)10(13)12(14)15-3/h4,10,13H,5H2,1-3H3. The molecule has 0 aliphatic carbocycles. The van der Waals surface area contributed by atoms with Crippen LogP contribution in [-0.4, -0.2) is 25.0 Å². The van der Waals surface area contributed by atoms with Crippen LogP contribution in [0.15, 0.2) is 6.07 Å². The van der Waals surface area contributed by atoms with E-state index in [1.807, 2.05) is 19.9 Å². The molecule has 0 saturated carbocycles. The average molecular weight is 238 g/mol. The molecule has 0 saturated heterocycles. The van der Waals surface area contributed by atoms with Gasteiger partial charge in [-0.05, 0) is 31.0 Å². The molecule has 1 aromatic rings. The molecule has 5 heteroatoms. The van der Waals surface area contributed by atoms with Crippen LogP contribution in [0.1, 0.15) is 22.8 Å². The van der Waals surface area contributed by atoms with Gasteiger partial charge in [-0.1, -0.05) is 0 Å². The zero-order valence-electron chi connectivity index (χ0n) is 9.94. The second kappa shape index (κ2) is 4.25. The zero-order chi connectivity index (χ0) is 12.6. The van der Waals surface area contributed by atoms with Crippen LogP contribution in [-0.2, 0) is 9.53 Å². The Morgan fingerprint density at radius 1 is 1.47 bits per heavy atom. The van der Waals surface area contributed by atoms with Crippen molar-refractivity contribution < 1.29 is 24.1 Å². The minimum atomic E-state index is -1.35. The fourth-order valence-corrected chi connectivity index (χ4v) is 1.85. The molecule has 1 aromatic carbocycles. The molecule has 1 aliphatic heterocycles. The molecule has 1 N–H and O–H groups in total. The van der Waals surface area contributed by atoms with Crippen LogP contribution in [0.4, 0.5) is 0 Å². The highest BCUT2D eigenvalue weighted by Gasteiger charge is 2.30. The number of aryl methyl sites for hydroxylation is 1. The fourth-order valence-electron chi connectivity index (χ4n) is 1.85. The van der Waals surface area contributed by atoms with E-state index in [4.69, 9.17) is 9.47 Å². The van der Waals surface area contributed by atoms with E-state index in [1.54, 1.807) is 0 Å². The van der Waals surface area contributed by atoms with Crippen molar-refractivity contribution in [1.82, 2.24) is 0 Å². The number of hydrogen-bond donors (Lipinski definition) is 1. The highest BCUT2D eigenvalue weighted by Crippen LogP contribution is 2.42. The van der Waals surface area contributed by atoms with Crippen molar-refractivity contribution in [2.45, 2.75) is 20.0 Å². The van der Waals surface area contributed by atoms with E-state index < -0.39 is 12.1 Å². The molecule has 0 fully saturated rings. The quantitative estimate of drug-likeness (QED) is 0.785. The second-order valence-corrected chi connectivity index (χ2v) is 3.89. The molecule has 92 valence electrons. The van der Waals surface area contributed by atoms with Crippen molar-refractivity contribution >= 4 is 5.97 Å². The summed E-state index contributed by atoms with van der Waals surface area (Å²) in [5, 5.41) is 9.95. The Hall–Kier alpha value is -1.75. The van der Waals surface area contributed by atoms with Crippen molar-refractivity contribution in [3.05, 3.63) is 22.8 Å². The van der Waals surface area contributed by atoms with Gasteiger partial charge < -0.3 is 19.3 Å². The van der Waals surface area contributed by atoms with Crippen LogP contribution in [0, 0.1) is 13.8 Å². The predicted octanol–water partition coefficient (Wildman–Crippen LogP) is 1.24. The number of methoxy groups -OCH3 is 1. The lowest BCUT2D eigenvalue weighted by molar-refractivity contribution is -0.150. The largest absolute Gasteiger partial charge is 0.467 e. The van der Waals surface area contributed by atoms with E-state index >= 15 is 0 Å². The molecule has 0 spiro atoms. The van der Waals surface area contributed by atoms with E-state index in [-0.39, 0.29) is 6.79 Å². The molecule has 2 rings (SSSR count). The highest BCUT2D eigenvalue weighted by atomic mass is 16.7. The van der Waals surface area contributed by atoms with Gasteiger partial charge in [0.2, 0.25) is 6.79 Å². The van der Waals surface area contributed by atoms with Gasteiger partial charge >= 0.3 is 5.97 Å². The predicted molar refractivity (Wildman–Crippen MR) is 59.0 cm³/mol. The Labute approximate surface area is 98.9 Å². The van der Waals surface area contributed by atoms with E-state index in [2.05, 4.69) is 4.74 Å². The Morgan fingerprint density at radius 2 is 2.18 bits per heavy atom. The first-order valence-corrected chi connectivity index (χ1v) is 5.21. The number of rotatable bonds is 2. The molecule has 1 unspecified atom stereocenters. The van der Waals surface area contributed by atoms with Crippen molar-refractivity contribution in [3.8, 4) is 11.5 Å². The molecular weight excluding hydrogens is 224 g/mol. The Morgan fingerprint density at radius 3 is 2.82 bits per heavy atom. The maximum Gasteiger partial charge on any atom is 0.339 e. The summed E-state index contributed by atoms with van der Waals surface area (Å²) >= 11 is 0. The van der Waals surface area contributed by atoms with Crippen molar-refractivity contribution in [3.63, 3.8) is 0 Å².